The molecule has 0 aliphatic rings. The molecule has 0 radical (unpaired) electrons. The molecule has 0 saturated heterocycles. The topological polar surface area (TPSA) is 111 Å². The van der Waals surface area contributed by atoms with E-state index in [0.29, 0.717) is 11.5 Å². The van der Waals surface area contributed by atoms with Gasteiger partial charge in [0, 0.05) is 13.1 Å². The number of nitrogens with zero attached hydrogens (tertiary/aromatic N) is 3. The van der Waals surface area contributed by atoms with Gasteiger partial charge in [-0.3, -0.25) is 4.98 Å². The minimum atomic E-state index is -3.97. The first kappa shape index (κ1) is 25.4. The molecule has 2 atom stereocenters. The van der Waals surface area contributed by atoms with Gasteiger partial charge in [0.2, 0.25) is 15.9 Å². The Hall–Kier alpha value is -3.21. The fourth-order valence-corrected chi connectivity index (χ4v) is 4.92. The molecule has 3 aromatic rings. The molecule has 0 saturated carbocycles. The van der Waals surface area contributed by atoms with Gasteiger partial charge < -0.3 is 19.3 Å². The van der Waals surface area contributed by atoms with Crippen molar-refractivity contribution in [1.82, 2.24) is 14.3 Å². The number of methoxy groups -OCH3 is 3. The van der Waals surface area contributed by atoms with Gasteiger partial charge in [-0.2, -0.15) is 4.31 Å². The van der Waals surface area contributed by atoms with Crippen molar-refractivity contribution in [2.45, 2.75) is 31.4 Å². The molecule has 9 nitrogen and oxygen atoms in total. The number of sulfonamides is 1. The van der Waals surface area contributed by atoms with Gasteiger partial charge in [-0.1, -0.05) is 24.3 Å². The monoisotopic (exact) mass is 487 g/mol. The van der Waals surface area contributed by atoms with Crippen LogP contribution >= 0.6 is 0 Å². The molecule has 1 aromatic heterocycles. The molecule has 1 N–H and O–H groups in total. The van der Waals surface area contributed by atoms with E-state index in [-0.39, 0.29) is 24.7 Å². The van der Waals surface area contributed by atoms with Gasteiger partial charge in [0.1, 0.15) is 22.9 Å². The van der Waals surface area contributed by atoms with Gasteiger partial charge in [0.15, 0.2) is 0 Å². The van der Waals surface area contributed by atoms with E-state index in [2.05, 4.69) is 9.97 Å². The molecule has 0 aliphatic carbocycles. The molecule has 3 rings (SSSR count). The van der Waals surface area contributed by atoms with E-state index in [9.17, 15) is 13.5 Å². The van der Waals surface area contributed by atoms with Crippen LogP contribution in [-0.2, 0) is 23.1 Å². The number of benzene rings is 2. The molecule has 34 heavy (non-hydrogen) atoms. The Morgan fingerprint density at radius 2 is 1.32 bits per heavy atom. The van der Waals surface area contributed by atoms with Crippen molar-refractivity contribution in [3.05, 3.63) is 77.7 Å². The third kappa shape index (κ3) is 6.02. The van der Waals surface area contributed by atoms with Gasteiger partial charge in [-0.25, -0.2) is 13.4 Å². The van der Waals surface area contributed by atoms with E-state index in [0.717, 1.165) is 11.1 Å². The van der Waals surface area contributed by atoms with Crippen LogP contribution in [0.25, 0.3) is 0 Å². The fourth-order valence-electron chi connectivity index (χ4n) is 3.33. The lowest BCUT2D eigenvalue weighted by molar-refractivity contribution is 0.167. The molecule has 10 heteroatoms. The summed E-state index contributed by atoms with van der Waals surface area (Å²) in [6, 6.07) is 14.3. The molecule has 0 bridgehead atoms. The summed E-state index contributed by atoms with van der Waals surface area (Å²) >= 11 is 0. The number of aliphatic hydroxyl groups excluding tert-OH is 1. The minimum Gasteiger partial charge on any atom is -0.497 e. The van der Waals surface area contributed by atoms with Crippen LogP contribution in [-0.4, -0.2) is 54.4 Å². The lowest BCUT2D eigenvalue weighted by atomic mass is 10.2. The van der Waals surface area contributed by atoms with Crippen molar-refractivity contribution in [3.8, 4) is 17.4 Å². The van der Waals surface area contributed by atoms with Crippen LogP contribution < -0.4 is 14.2 Å². The Kier molecular flexibility index (Phi) is 8.43. The van der Waals surface area contributed by atoms with Crippen molar-refractivity contribution < 1.29 is 27.7 Å². The zero-order chi connectivity index (χ0) is 24.7. The number of ether oxygens (including phenoxy) is 3. The van der Waals surface area contributed by atoms with Crippen LogP contribution in [0.5, 0.6) is 17.4 Å². The minimum absolute atomic E-state index is 0.115. The number of hydrogen-bond donors (Lipinski definition) is 1. The highest BCUT2D eigenvalue weighted by Crippen LogP contribution is 2.27. The van der Waals surface area contributed by atoms with Crippen LogP contribution in [0.1, 0.15) is 29.8 Å². The first-order chi connectivity index (χ1) is 16.3. The van der Waals surface area contributed by atoms with Gasteiger partial charge in [0.25, 0.3) is 0 Å². The Morgan fingerprint density at radius 3 is 1.71 bits per heavy atom. The normalized spacial score (nSPS) is 13.4. The predicted octanol–water partition coefficient (Wildman–Crippen LogP) is 2.96. The Labute approximate surface area is 200 Å². The largest absolute Gasteiger partial charge is 0.497 e. The van der Waals surface area contributed by atoms with E-state index in [4.69, 9.17) is 14.2 Å². The van der Waals surface area contributed by atoms with E-state index < -0.39 is 21.4 Å². The number of rotatable bonds is 11. The Bertz CT molecular complexity index is 1100. The molecule has 0 spiro atoms. The number of aromatic nitrogens is 2. The molecule has 2 aromatic carbocycles. The molecule has 0 unspecified atom stereocenters. The zero-order valence-electron chi connectivity index (χ0n) is 19.6. The highest BCUT2D eigenvalue weighted by molar-refractivity contribution is 7.89. The van der Waals surface area contributed by atoms with Crippen LogP contribution in [0.15, 0.2) is 60.9 Å². The van der Waals surface area contributed by atoms with E-state index >= 15 is 0 Å². The van der Waals surface area contributed by atoms with Crippen LogP contribution in [0.4, 0.5) is 0 Å². The zero-order valence-corrected chi connectivity index (χ0v) is 20.4. The molecular formula is C24H29N3O6S. The summed E-state index contributed by atoms with van der Waals surface area (Å²) in [7, 11) is 0.618. The molecule has 0 fully saturated rings. The summed E-state index contributed by atoms with van der Waals surface area (Å²) in [4.78, 5) is 8.12. The Morgan fingerprint density at radius 1 is 0.824 bits per heavy atom. The maximum absolute atomic E-state index is 13.7. The molecule has 0 amide bonds. The standard InChI is InChI=1S/C24H29N3O6S/c1-17(24(28)22-13-26-23(33-4)14-25-22)34(29,30)27(15-18-5-9-20(31-2)10-6-18)16-19-7-11-21(32-3)12-8-19/h5-14,17,24,28H,15-16H2,1-4H3/t17-,24-/m1/s1. The van der Waals surface area contributed by atoms with Crippen molar-refractivity contribution in [3.63, 3.8) is 0 Å². The predicted molar refractivity (Wildman–Crippen MR) is 127 cm³/mol. The fraction of sp³-hybridized carbons (Fsp3) is 0.333. The third-order valence-electron chi connectivity index (χ3n) is 5.47. The van der Waals surface area contributed by atoms with Crippen LogP contribution in [0.2, 0.25) is 0 Å². The van der Waals surface area contributed by atoms with E-state index in [1.165, 1.54) is 30.7 Å². The van der Waals surface area contributed by atoms with E-state index in [1.54, 1.807) is 38.5 Å². The van der Waals surface area contributed by atoms with Crippen LogP contribution in [0, 0.1) is 0 Å². The van der Waals surface area contributed by atoms with Crippen molar-refractivity contribution in [2.75, 3.05) is 21.3 Å². The molecule has 182 valence electrons. The summed E-state index contributed by atoms with van der Waals surface area (Å²) in [5.41, 5.74) is 1.71. The number of hydrogen-bond acceptors (Lipinski definition) is 8. The van der Waals surface area contributed by atoms with Gasteiger partial charge in [-0.05, 0) is 42.3 Å². The highest BCUT2D eigenvalue weighted by atomic mass is 32.2. The summed E-state index contributed by atoms with van der Waals surface area (Å²) in [5.74, 6) is 1.62. The second kappa shape index (κ2) is 11.3. The first-order valence-corrected chi connectivity index (χ1v) is 12.1. The average Bonchev–Trinajstić information content (AvgIpc) is 2.88. The summed E-state index contributed by atoms with van der Waals surface area (Å²) in [6.45, 7) is 1.69. The van der Waals surface area contributed by atoms with Crippen molar-refractivity contribution in [2.24, 2.45) is 0 Å². The average molecular weight is 488 g/mol. The van der Waals surface area contributed by atoms with E-state index in [1.807, 2.05) is 24.3 Å². The van der Waals surface area contributed by atoms with Gasteiger partial charge >= 0.3 is 0 Å². The molecular weight excluding hydrogens is 458 g/mol. The molecule has 0 aliphatic heterocycles. The summed E-state index contributed by atoms with van der Waals surface area (Å²) in [5, 5.41) is 9.65. The first-order valence-electron chi connectivity index (χ1n) is 10.6. The lowest BCUT2D eigenvalue weighted by Gasteiger charge is -2.28. The Balaban J connectivity index is 1.90. The lowest BCUT2D eigenvalue weighted by Crippen LogP contribution is -2.39. The second-order valence-corrected chi connectivity index (χ2v) is 9.93. The highest BCUT2D eigenvalue weighted by Gasteiger charge is 2.35. The summed E-state index contributed by atoms with van der Waals surface area (Å²) < 4.78 is 44.1. The van der Waals surface area contributed by atoms with Crippen molar-refractivity contribution >= 4 is 10.0 Å². The number of aliphatic hydroxyl groups is 1. The van der Waals surface area contributed by atoms with Gasteiger partial charge in [0.05, 0.1) is 39.4 Å². The third-order valence-corrected chi connectivity index (χ3v) is 7.65. The van der Waals surface area contributed by atoms with Crippen molar-refractivity contribution in [1.29, 1.82) is 0 Å². The van der Waals surface area contributed by atoms with Crippen LogP contribution in [0.3, 0.4) is 0 Å². The smallest absolute Gasteiger partial charge is 0.231 e. The SMILES string of the molecule is COc1ccc(CN(Cc2ccc(OC)cc2)S(=O)(=O)[C@H](C)[C@@H](O)c2cnc(OC)cn2)cc1. The molecule has 1 heterocycles. The second-order valence-electron chi connectivity index (χ2n) is 7.64. The van der Waals surface area contributed by atoms with Gasteiger partial charge in [-0.15, -0.1) is 0 Å². The maximum Gasteiger partial charge on any atom is 0.231 e. The summed E-state index contributed by atoms with van der Waals surface area (Å²) in [6.07, 6.45) is 1.27. The maximum atomic E-state index is 13.7. The quantitative estimate of drug-likeness (QED) is 0.440.